The van der Waals surface area contributed by atoms with Crippen LogP contribution in [0.15, 0.2) is 48.7 Å². The Hall–Kier alpha value is -3.59. The van der Waals surface area contributed by atoms with Gasteiger partial charge in [0.05, 0.1) is 19.9 Å². The van der Waals surface area contributed by atoms with E-state index in [1.807, 2.05) is 0 Å². The van der Waals surface area contributed by atoms with Gasteiger partial charge in [-0.2, -0.15) is 0 Å². The number of carbonyl (C=O) groups excluding carboxylic acids is 2. The second-order valence-electron chi connectivity index (χ2n) is 6.90. The molecule has 0 fully saturated rings. The third-order valence-corrected chi connectivity index (χ3v) is 5.59. The zero-order valence-electron chi connectivity index (χ0n) is 17.7. The zero-order valence-corrected chi connectivity index (χ0v) is 18.5. The highest BCUT2D eigenvalue weighted by Gasteiger charge is 2.12. The van der Waals surface area contributed by atoms with Crippen molar-refractivity contribution < 1.29 is 19.1 Å². The van der Waals surface area contributed by atoms with E-state index in [4.69, 9.17) is 9.47 Å². The summed E-state index contributed by atoms with van der Waals surface area (Å²) in [7, 11) is 3.06. The van der Waals surface area contributed by atoms with Crippen LogP contribution in [0.2, 0.25) is 0 Å². The van der Waals surface area contributed by atoms with Gasteiger partial charge in [0.1, 0.15) is 11.5 Å². The highest BCUT2D eigenvalue weighted by atomic mass is 32.1. The fourth-order valence-corrected chi connectivity index (χ4v) is 3.50. The standard InChI is InChI=1S/C22H24N4O4S/c1-13(2)19-12-23-22(31-19)26-20(27)14-5-7-15(8-6-14)24-21(28)25-17-11-16(29-3)9-10-18(17)30-4/h5-13H,1-4H3,(H,23,26,27)(H2,24,25,28). The minimum Gasteiger partial charge on any atom is -0.497 e. The first-order chi connectivity index (χ1) is 14.9. The highest BCUT2D eigenvalue weighted by molar-refractivity contribution is 7.15. The maximum atomic E-state index is 12.4. The van der Waals surface area contributed by atoms with E-state index in [1.54, 1.807) is 55.8 Å². The molecule has 0 atom stereocenters. The van der Waals surface area contributed by atoms with Crippen molar-refractivity contribution in [3.05, 3.63) is 59.1 Å². The molecule has 0 saturated carbocycles. The van der Waals surface area contributed by atoms with Crippen molar-refractivity contribution >= 4 is 39.8 Å². The zero-order chi connectivity index (χ0) is 22.4. The molecule has 0 unspecified atom stereocenters. The van der Waals surface area contributed by atoms with Crippen molar-refractivity contribution in [2.24, 2.45) is 0 Å². The number of benzene rings is 2. The summed E-state index contributed by atoms with van der Waals surface area (Å²) in [5.74, 6) is 1.19. The van der Waals surface area contributed by atoms with Gasteiger partial charge in [-0.15, -0.1) is 11.3 Å². The van der Waals surface area contributed by atoms with Gasteiger partial charge in [0.15, 0.2) is 5.13 Å². The van der Waals surface area contributed by atoms with Crippen molar-refractivity contribution in [3.8, 4) is 11.5 Å². The van der Waals surface area contributed by atoms with Gasteiger partial charge in [-0.25, -0.2) is 9.78 Å². The Morgan fingerprint density at radius 1 is 0.968 bits per heavy atom. The molecular weight excluding hydrogens is 416 g/mol. The lowest BCUT2D eigenvalue weighted by Crippen LogP contribution is -2.20. The number of anilines is 3. The SMILES string of the molecule is COc1ccc(OC)c(NC(=O)Nc2ccc(C(=O)Nc3ncc(C(C)C)s3)cc2)c1. The monoisotopic (exact) mass is 440 g/mol. The average molecular weight is 441 g/mol. The fraction of sp³-hybridized carbons (Fsp3) is 0.227. The van der Waals surface area contributed by atoms with Crippen molar-refractivity contribution in [1.82, 2.24) is 4.98 Å². The van der Waals surface area contributed by atoms with Crippen LogP contribution in [0.1, 0.15) is 35.0 Å². The van der Waals surface area contributed by atoms with Gasteiger partial charge >= 0.3 is 6.03 Å². The predicted octanol–water partition coefficient (Wildman–Crippen LogP) is 5.18. The molecule has 0 aliphatic heterocycles. The summed E-state index contributed by atoms with van der Waals surface area (Å²) in [6, 6.07) is 11.2. The number of nitrogens with one attached hydrogen (secondary N) is 3. The second kappa shape index (κ2) is 9.94. The summed E-state index contributed by atoms with van der Waals surface area (Å²) in [6.07, 6.45) is 1.77. The Kier molecular flexibility index (Phi) is 7.09. The second-order valence-corrected chi connectivity index (χ2v) is 7.96. The van der Waals surface area contributed by atoms with Crippen LogP contribution in [0.25, 0.3) is 0 Å². The van der Waals surface area contributed by atoms with Crippen LogP contribution in [0.3, 0.4) is 0 Å². The third kappa shape index (κ3) is 5.73. The first-order valence-corrected chi connectivity index (χ1v) is 10.4. The molecule has 0 saturated heterocycles. The summed E-state index contributed by atoms with van der Waals surface area (Å²) in [4.78, 5) is 30.1. The summed E-state index contributed by atoms with van der Waals surface area (Å²) in [6.45, 7) is 4.15. The number of methoxy groups -OCH3 is 2. The molecule has 0 spiro atoms. The van der Waals surface area contributed by atoms with Crippen LogP contribution in [-0.4, -0.2) is 31.1 Å². The fourth-order valence-electron chi connectivity index (χ4n) is 2.68. The summed E-state index contributed by atoms with van der Waals surface area (Å²) in [5.41, 5.74) is 1.47. The number of nitrogens with zero attached hydrogens (tertiary/aromatic N) is 1. The van der Waals surface area contributed by atoms with Gasteiger partial charge in [0.2, 0.25) is 0 Å². The molecule has 1 heterocycles. The van der Waals surface area contributed by atoms with Crippen molar-refractivity contribution in [1.29, 1.82) is 0 Å². The van der Waals surface area contributed by atoms with Crippen molar-refractivity contribution in [2.75, 3.05) is 30.2 Å². The van der Waals surface area contributed by atoms with Gasteiger partial charge in [-0.3, -0.25) is 10.1 Å². The number of hydrogen-bond acceptors (Lipinski definition) is 6. The number of amides is 3. The van der Waals surface area contributed by atoms with E-state index in [2.05, 4.69) is 34.8 Å². The highest BCUT2D eigenvalue weighted by Crippen LogP contribution is 2.29. The number of aromatic nitrogens is 1. The van der Waals surface area contributed by atoms with E-state index in [0.717, 1.165) is 4.88 Å². The Morgan fingerprint density at radius 2 is 1.71 bits per heavy atom. The van der Waals surface area contributed by atoms with E-state index in [0.29, 0.717) is 39.5 Å². The summed E-state index contributed by atoms with van der Waals surface area (Å²) >= 11 is 1.45. The molecule has 0 bridgehead atoms. The number of carbonyl (C=O) groups is 2. The molecule has 31 heavy (non-hydrogen) atoms. The van der Waals surface area contributed by atoms with E-state index < -0.39 is 6.03 Å². The maximum absolute atomic E-state index is 12.4. The van der Waals surface area contributed by atoms with Crippen LogP contribution in [-0.2, 0) is 0 Å². The molecule has 1 aromatic heterocycles. The van der Waals surface area contributed by atoms with E-state index in [1.165, 1.54) is 18.4 Å². The van der Waals surface area contributed by atoms with E-state index in [9.17, 15) is 9.59 Å². The van der Waals surface area contributed by atoms with Crippen LogP contribution in [0.4, 0.5) is 21.3 Å². The Bertz CT molecular complexity index is 1060. The maximum Gasteiger partial charge on any atom is 0.323 e. The minimum atomic E-state index is -0.451. The number of urea groups is 1. The Labute approximate surface area is 184 Å². The normalized spacial score (nSPS) is 10.5. The molecule has 0 aliphatic carbocycles. The average Bonchev–Trinajstić information content (AvgIpc) is 3.23. The van der Waals surface area contributed by atoms with Crippen molar-refractivity contribution in [3.63, 3.8) is 0 Å². The molecule has 8 nitrogen and oxygen atoms in total. The van der Waals surface area contributed by atoms with Crippen molar-refractivity contribution in [2.45, 2.75) is 19.8 Å². The Balaban J connectivity index is 1.61. The molecular formula is C22H24N4O4S. The molecule has 3 aromatic rings. The first-order valence-electron chi connectivity index (χ1n) is 9.56. The van der Waals surface area contributed by atoms with E-state index >= 15 is 0 Å². The number of ether oxygens (including phenoxy) is 2. The topological polar surface area (TPSA) is 102 Å². The quantitative estimate of drug-likeness (QED) is 0.470. The number of thiazole rings is 1. The van der Waals surface area contributed by atoms with Gasteiger partial charge < -0.3 is 20.1 Å². The lowest BCUT2D eigenvalue weighted by Gasteiger charge is -2.12. The van der Waals surface area contributed by atoms with Gasteiger partial charge in [0, 0.05) is 28.4 Å². The van der Waals surface area contributed by atoms with Crippen LogP contribution in [0, 0.1) is 0 Å². The summed E-state index contributed by atoms with van der Waals surface area (Å²) in [5, 5.41) is 8.80. The third-order valence-electron chi connectivity index (χ3n) is 4.37. The summed E-state index contributed by atoms with van der Waals surface area (Å²) < 4.78 is 10.4. The van der Waals surface area contributed by atoms with Gasteiger partial charge in [-0.1, -0.05) is 13.8 Å². The van der Waals surface area contributed by atoms with Gasteiger partial charge in [0.25, 0.3) is 5.91 Å². The number of hydrogen-bond donors (Lipinski definition) is 3. The molecule has 3 N–H and O–H groups in total. The molecule has 0 radical (unpaired) electrons. The molecule has 0 aliphatic rings. The molecule has 9 heteroatoms. The van der Waals surface area contributed by atoms with E-state index in [-0.39, 0.29) is 5.91 Å². The minimum absolute atomic E-state index is 0.262. The largest absolute Gasteiger partial charge is 0.497 e. The number of rotatable bonds is 7. The lowest BCUT2D eigenvalue weighted by molar-refractivity contribution is 0.102. The predicted molar refractivity (Wildman–Crippen MR) is 123 cm³/mol. The first kappa shape index (κ1) is 22.1. The molecule has 2 aromatic carbocycles. The molecule has 162 valence electrons. The lowest BCUT2D eigenvalue weighted by atomic mass is 10.2. The van der Waals surface area contributed by atoms with Crippen LogP contribution < -0.4 is 25.4 Å². The molecule has 3 rings (SSSR count). The van der Waals surface area contributed by atoms with Crippen LogP contribution in [0.5, 0.6) is 11.5 Å². The van der Waals surface area contributed by atoms with Gasteiger partial charge in [-0.05, 0) is 42.3 Å². The smallest absolute Gasteiger partial charge is 0.323 e. The Morgan fingerprint density at radius 3 is 2.32 bits per heavy atom. The molecule has 3 amide bonds. The van der Waals surface area contributed by atoms with Crippen LogP contribution >= 0.6 is 11.3 Å².